The fourth-order valence-corrected chi connectivity index (χ4v) is 3.57. The van der Waals surface area contributed by atoms with E-state index in [9.17, 15) is 8.42 Å². The van der Waals surface area contributed by atoms with Crippen molar-refractivity contribution in [3.05, 3.63) is 28.8 Å². The Hall–Kier alpha value is -1.13. The molecule has 1 N–H and O–H groups in total. The largest absolute Gasteiger partial charge is 0.385 e. The standard InChI is InChI=1S/C14H17ClN2O3S/c1-20-7-6-14(4-5-14)10-17-21(18,19)12-3-2-11(9-16)13(15)8-12/h2-3,8,17H,4-7,10H2,1H3. The van der Waals surface area contributed by atoms with Crippen molar-refractivity contribution < 1.29 is 13.2 Å². The molecule has 0 bridgehead atoms. The summed E-state index contributed by atoms with van der Waals surface area (Å²) in [6.45, 7) is 1.03. The van der Waals surface area contributed by atoms with Gasteiger partial charge in [0.2, 0.25) is 10.0 Å². The van der Waals surface area contributed by atoms with Crippen molar-refractivity contribution in [3.8, 4) is 6.07 Å². The predicted octanol–water partition coefficient (Wildman–Crippen LogP) is 2.31. The van der Waals surface area contributed by atoms with Crippen LogP contribution in [0.3, 0.4) is 0 Å². The number of sulfonamides is 1. The minimum absolute atomic E-state index is 0.0273. The maximum absolute atomic E-state index is 12.2. The van der Waals surface area contributed by atoms with E-state index in [1.165, 1.54) is 18.2 Å². The maximum Gasteiger partial charge on any atom is 0.240 e. The normalized spacial score (nSPS) is 16.4. The van der Waals surface area contributed by atoms with Gasteiger partial charge in [0.05, 0.1) is 15.5 Å². The second-order valence-electron chi connectivity index (χ2n) is 5.32. The van der Waals surface area contributed by atoms with Crippen LogP contribution in [0.25, 0.3) is 0 Å². The van der Waals surface area contributed by atoms with Crippen molar-refractivity contribution >= 4 is 21.6 Å². The molecule has 0 atom stereocenters. The lowest BCUT2D eigenvalue weighted by Gasteiger charge is -2.15. The zero-order valence-corrected chi connectivity index (χ0v) is 13.3. The highest BCUT2D eigenvalue weighted by Crippen LogP contribution is 2.48. The molecule has 2 rings (SSSR count). The lowest BCUT2D eigenvalue weighted by molar-refractivity contribution is 0.173. The quantitative estimate of drug-likeness (QED) is 0.833. The number of hydrogen-bond acceptors (Lipinski definition) is 4. The molecule has 7 heteroatoms. The molecule has 0 heterocycles. The van der Waals surface area contributed by atoms with Crippen molar-refractivity contribution in [2.45, 2.75) is 24.2 Å². The number of rotatable bonds is 7. The minimum atomic E-state index is -3.61. The zero-order chi connectivity index (χ0) is 15.5. The van der Waals surface area contributed by atoms with Gasteiger partial charge in [0.1, 0.15) is 6.07 Å². The Bertz CT molecular complexity index is 663. The molecule has 114 valence electrons. The third-order valence-corrected chi connectivity index (χ3v) is 5.51. The fourth-order valence-electron chi connectivity index (χ4n) is 2.10. The van der Waals surface area contributed by atoms with Crippen molar-refractivity contribution in [3.63, 3.8) is 0 Å². The first-order valence-electron chi connectivity index (χ1n) is 6.61. The van der Waals surface area contributed by atoms with Gasteiger partial charge in [-0.05, 0) is 42.9 Å². The molecule has 0 aromatic heterocycles. The third-order valence-electron chi connectivity index (χ3n) is 3.80. The molecule has 0 amide bonds. The number of nitrogens with one attached hydrogen (secondary N) is 1. The number of hydrogen-bond donors (Lipinski definition) is 1. The first-order valence-corrected chi connectivity index (χ1v) is 8.47. The van der Waals surface area contributed by atoms with Gasteiger partial charge in [0.25, 0.3) is 0 Å². The summed E-state index contributed by atoms with van der Waals surface area (Å²) in [6, 6.07) is 6.01. The molecule has 1 aliphatic rings. The Kier molecular flexibility index (Phi) is 4.89. The van der Waals surface area contributed by atoms with Gasteiger partial charge in [-0.3, -0.25) is 0 Å². The Balaban J connectivity index is 2.06. The van der Waals surface area contributed by atoms with Crippen LogP contribution in [-0.2, 0) is 14.8 Å². The maximum atomic E-state index is 12.2. The number of nitrogens with zero attached hydrogens (tertiary/aromatic N) is 1. The van der Waals surface area contributed by atoms with Crippen molar-refractivity contribution in [1.29, 1.82) is 5.26 Å². The Morgan fingerprint density at radius 3 is 2.71 bits per heavy atom. The summed E-state index contributed by atoms with van der Waals surface area (Å²) >= 11 is 5.88. The van der Waals surface area contributed by atoms with E-state index >= 15 is 0 Å². The van der Waals surface area contributed by atoms with E-state index in [-0.39, 0.29) is 20.9 Å². The molecule has 0 unspecified atom stereocenters. The topological polar surface area (TPSA) is 79.2 Å². The molecule has 1 saturated carbocycles. The minimum Gasteiger partial charge on any atom is -0.385 e. The van der Waals surface area contributed by atoms with Crippen molar-refractivity contribution in [2.75, 3.05) is 20.3 Å². The van der Waals surface area contributed by atoms with Crippen LogP contribution >= 0.6 is 11.6 Å². The summed E-state index contributed by atoms with van der Waals surface area (Å²) in [6.07, 6.45) is 2.86. The van der Waals surface area contributed by atoms with Crippen LogP contribution in [0, 0.1) is 16.7 Å². The highest BCUT2D eigenvalue weighted by atomic mass is 35.5. The lowest BCUT2D eigenvalue weighted by Crippen LogP contribution is -2.31. The predicted molar refractivity (Wildman–Crippen MR) is 79.5 cm³/mol. The van der Waals surface area contributed by atoms with Crippen LogP contribution in [0.4, 0.5) is 0 Å². The highest BCUT2D eigenvalue weighted by molar-refractivity contribution is 7.89. The molecule has 0 radical (unpaired) electrons. The van der Waals surface area contributed by atoms with E-state index in [2.05, 4.69) is 4.72 Å². The van der Waals surface area contributed by atoms with Crippen LogP contribution in [0.15, 0.2) is 23.1 Å². The van der Waals surface area contributed by atoms with Gasteiger partial charge in [0, 0.05) is 20.3 Å². The monoisotopic (exact) mass is 328 g/mol. The second kappa shape index (κ2) is 6.32. The molecule has 1 aliphatic carbocycles. The zero-order valence-electron chi connectivity index (χ0n) is 11.7. The van der Waals surface area contributed by atoms with E-state index in [1.54, 1.807) is 7.11 Å². The molecule has 0 spiro atoms. The number of halogens is 1. The molecule has 0 saturated heterocycles. The Morgan fingerprint density at radius 1 is 1.48 bits per heavy atom. The van der Waals surface area contributed by atoms with Crippen LogP contribution in [-0.4, -0.2) is 28.7 Å². The van der Waals surface area contributed by atoms with Crippen LogP contribution in [0.1, 0.15) is 24.8 Å². The van der Waals surface area contributed by atoms with Gasteiger partial charge in [-0.2, -0.15) is 5.26 Å². The van der Waals surface area contributed by atoms with E-state index in [1.807, 2.05) is 6.07 Å². The summed E-state index contributed by atoms with van der Waals surface area (Å²) in [5, 5.41) is 8.94. The van der Waals surface area contributed by atoms with Gasteiger partial charge in [-0.1, -0.05) is 11.6 Å². The SMILES string of the molecule is COCCC1(CNS(=O)(=O)c2ccc(C#N)c(Cl)c2)CC1. The van der Waals surface area contributed by atoms with Gasteiger partial charge >= 0.3 is 0 Å². The first kappa shape index (κ1) is 16.2. The van der Waals surface area contributed by atoms with Crippen LogP contribution < -0.4 is 4.72 Å². The Morgan fingerprint density at radius 2 is 2.19 bits per heavy atom. The van der Waals surface area contributed by atoms with E-state index in [0.29, 0.717) is 13.2 Å². The van der Waals surface area contributed by atoms with Crippen molar-refractivity contribution in [2.24, 2.45) is 5.41 Å². The van der Waals surface area contributed by atoms with Gasteiger partial charge in [-0.25, -0.2) is 13.1 Å². The average Bonchev–Trinajstić information content (AvgIpc) is 3.24. The average molecular weight is 329 g/mol. The summed E-state index contributed by atoms with van der Waals surface area (Å²) in [7, 11) is -1.97. The number of ether oxygens (including phenoxy) is 1. The summed E-state index contributed by atoms with van der Waals surface area (Å²) in [5.74, 6) is 0. The van der Waals surface area contributed by atoms with E-state index in [0.717, 1.165) is 19.3 Å². The molecule has 5 nitrogen and oxygen atoms in total. The number of nitriles is 1. The molecular formula is C14H17ClN2O3S. The first-order chi connectivity index (χ1) is 9.92. The summed E-state index contributed by atoms with van der Waals surface area (Å²) < 4.78 is 32.2. The van der Waals surface area contributed by atoms with Gasteiger partial charge in [-0.15, -0.1) is 0 Å². The molecule has 1 aromatic carbocycles. The van der Waals surface area contributed by atoms with E-state index in [4.69, 9.17) is 21.6 Å². The number of methoxy groups -OCH3 is 1. The molecule has 1 fully saturated rings. The van der Waals surface area contributed by atoms with Crippen LogP contribution in [0.2, 0.25) is 5.02 Å². The lowest BCUT2D eigenvalue weighted by atomic mass is 10.0. The van der Waals surface area contributed by atoms with Gasteiger partial charge < -0.3 is 4.74 Å². The van der Waals surface area contributed by atoms with Crippen LogP contribution in [0.5, 0.6) is 0 Å². The number of benzene rings is 1. The highest BCUT2D eigenvalue weighted by Gasteiger charge is 2.42. The third kappa shape index (κ3) is 3.95. The molecule has 1 aromatic rings. The summed E-state index contributed by atoms with van der Waals surface area (Å²) in [5.41, 5.74) is 0.286. The smallest absolute Gasteiger partial charge is 0.240 e. The van der Waals surface area contributed by atoms with Crippen molar-refractivity contribution in [1.82, 2.24) is 4.72 Å². The summed E-state index contributed by atoms with van der Waals surface area (Å²) in [4.78, 5) is 0.0778. The molecule has 0 aliphatic heterocycles. The van der Waals surface area contributed by atoms with Gasteiger partial charge in [0.15, 0.2) is 0 Å². The van der Waals surface area contributed by atoms with E-state index < -0.39 is 10.0 Å². The second-order valence-corrected chi connectivity index (χ2v) is 7.49. The molecule has 21 heavy (non-hydrogen) atoms. The molecular weight excluding hydrogens is 312 g/mol. The Labute approximate surface area is 129 Å². The fraction of sp³-hybridized carbons (Fsp3) is 0.500.